The first-order valence-electron chi connectivity index (χ1n) is 6.00. The second-order valence-electron chi connectivity index (χ2n) is 4.68. The molecule has 1 heterocycles. The number of amides is 1. The zero-order valence-corrected chi connectivity index (χ0v) is 11.3. The van der Waals surface area contributed by atoms with E-state index in [4.69, 9.17) is 23.1 Å². The van der Waals surface area contributed by atoms with Gasteiger partial charge in [-0.3, -0.25) is 4.79 Å². The van der Waals surface area contributed by atoms with Crippen LogP contribution in [0, 0.1) is 0 Å². The molecule has 1 aromatic rings. The van der Waals surface area contributed by atoms with Crippen molar-refractivity contribution >= 4 is 35.1 Å². The Morgan fingerprint density at radius 2 is 1.80 bits per heavy atom. The summed E-state index contributed by atoms with van der Waals surface area (Å²) in [5.41, 5.74) is 9.48. The average Bonchev–Trinajstić information content (AvgIpc) is 2.83. The molecule has 0 unspecified atom stereocenters. The lowest BCUT2D eigenvalue weighted by molar-refractivity contribution is -0.144. The molecule has 1 aliphatic carbocycles. The average molecular weight is 300 g/mol. The van der Waals surface area contributed by atoms with E-state index in [1.165, 1.54) is 0 Å². The molecule has 1 saturated carbocycles. The first kappa shape index (κ1) is 14.3. The number of aromatic nitrogens is 2. The lowest BCUT2D eigenvalue weighted by Gasteiger charge is -2.25. The summed E-state index contributed by atoms with van der Waals surface area (Å²) in [7, 11) is 0. The fourth-order valence-corrected chi connectivity index (χ4v) is 2.38. The summed E-state index contributed by atoms with van der Waals surface area (Å²) in [6.45, 7) is 0. The van der Waals surface area contributed by atoms with Crippen molar-refractivity contribution in [2.24, 2.45) is 0 Å². The zero-order valence-electron chi connectivity index (χ0n) is 10.5. The number of nitrogens with two attached hydrogens (primary N) is 2. The predicted octanol–water partition coefficient (Wildman–Crippen LogP) is 0.422. The van der Waals surface area contributed by atoms with Crippen molar-refractivity contribution in [3.8, 4) is 0 Å². The number of hydrogen-bond acceptors (Lipinski definition) is 6. The molecule has 0 radical (unpaired) electrons. The van der Waals surface area contributed by atoms with Crippen LogP contribution >= 0.6 is 11.6 Å². The molecule has 0 aliphatic heterocycles. The van der Waals surface area contributed by atoms with Crippen molar-refractivity contribution in [1.29, 1.82) is 0 Å². The highest BCUT2D eigenvalue weighted by atomic mass is 35.5. The van der Waals surface area contributed by atoms with Gasteiger partial charge in [-0.2, -0.15) is 0 Å². The Bertz CT molecular complexity index is 571. The van der Waals surface area contributed by atoms with Crippen LogP contribution in [0.4, 0.5) is 11.6 Å². The minimum absolute atomic E-state index is 0.0884. The first-order chi connectivity index (χ1) is 9.35. The van der Waals surface area contributed by atoms with Crippen molar-refractivity contribution in [1.82, 2.24) is 15.3 Å². The van der Waals surface area contributed by atoms with Crippen molar-refractivity contribution in [3.05, 3.63) is 10.8 Å². The van der Waals surface area contributed by atoms with Crippen LogP contribution in [0.15, 0.2) is 0 Å². The van der Waals surface area contributed by atoms with Crippen LogP contribution in [0.1, 0.15) is 36.2 Å². The smallest absolute Gasteiger partial charge is 0.329 e. The number of anilines is 2. The fourth-order valence-electron chi connectivity index (χ4n) is 2.26. The van der Waals surface area contributed by atoms with Gasteiger partial charge in [-0.25, -0.2) is 14.8 Å². The van der Waals surface area contributed by atoms with Crippen LogP contribution in [0.3, 0.4) is 0 Å². The van der Waals surface area contributed by atoms with Crippen LogP contribution in [-0.2, 0) is 4.79 Å². The Labute approximate surface area is 119 Å². The second-order valence-corrected chi connectivity index (χ2v) is 5.04. The fraction of sp³-hybridized carbons (Fsp3) is 0.455. The third-order valence-corrected chi connectivity index (χ3v) is 3.62. The molecule has 0 saturated heterocycles. The third kappa shape index (κ3) is 2.46. The Hall–Kier alpha value is -2.09. The largest absolute Gasteiger partial charge is 0.480 e. The number of carboxylic acids is 1. The van der Waals surface area contributed by atoms with Crippen molar-refractivity contribution in [3.63, 3.8) is 0 Å². The molecule has 108 valence electrons. The summed E-state index contributed by atoms with van der Waals surface area (Å²) in [4.78, 5) is 30.9. The lowest BCUT2D eigenvalue weighted by atomic mass is 9.97. The highest BCUT2D eigenvalue weighted by Gasteiger charge is 2.43. The van der Waals surface area contributed by atoms with Crippen molar-refractivity contribution in [2.75, 3.05) is 11.5 Å². The molecule has 0 aromatic carbocycles. The highest BCUT2D eigenvalue weighted by Crippen LogP contribution is 2.30. The zero-order chi connectivity index (χ0) is 14.9. The molecule has 1 aliphatic rings. The maximum absolute atomic E-state index is 12.1. The number of carbonyl (C=O) groups is 2. The number of carbonyl (C=O) groups excluding carboxylic acids is 1. The molecule has 0 atom stereocenters. The van der Waals surface area contributed by atoms with Crippen LogP contribution in [0.25, 0.3) is 0 Å². The van der Waals surface area contributed by atoms with E-state index in [1.807, 2.05) is 0 Å². The van der Waals surface area contributed by atoms with Gasteiger partial charge in [0, 0.05) is 0 Å². The molecule has 1 fully saturated rings. The normalized spacial score (nSPS) is 16.9. The summed E-state index contributed by atoms with van der Waals surface area (Å²) in [6.07, 6.45) is 2.20. The van der Waals surface area contributed by atoms with Gasteiger partial charge in [0.25, 0.3) is 5.91 Å². The van der Waals surface area contributed by atoms with E-state index in [-0.39, 0.29) is 22.5 Å². The molecule has 1 aromatic heterocycles. The number of aliphatic carboxylic acids is 1. The van der Waals surface area contributed by atoms with E-state index in [9.17, 15) is 14.7 Å². The molecule has 0 bridgehead atoms. The Balaban J connectivity index is 2.28. The molecular weight excluding hydrogens is 286 g/mol. The molecule has 8 nitrogen and oxygen atoms in total. The van der Waals surface area contributed by atoms with E-state index in [1.54, 1.807) is 0 Å². The summed E-state index contributed by atoms with van der Waals surface area (Å²) >= 11 is 5.69. The minimum Gasteiger partial charge on any atom is -0.480 e. The van der Waals surface area contributed by atoms with Crippen LogP contribution in [0.5, 0.6) is 0 Å². The summed E-state index contributed by atoms with van der Waals surface area (Å²) < 4.78 is 0. The quantitative estimate of drug-likeness (QED) is 0.633. The summed E-state index contributed by atoms with van der Waals surface area (Å²) in [5.74, 6) is -2.07. The molecule has 0 spiro atoms. The second kappa shape index (κ2) is 5.12. The third-order valence-electron chi connectivity index (χ3n) is 3.34. The number of nitrogens with one attached hydrogen (secondary N) is 1. The van der Waals surface area contributed by atoms with Gasteiger partial charge in [0.15, 0.2) is 22.5 Å². The van der Waals surface area contributed by atoms with Gasteiger partial charge in [0.1, 0.15) is 5.54 Å². The number of halogens is 1. The monoisotopic (exact) mass is 299 g/mol. The minimum atomic E-state index is -1.28. The van der Waals surface area contributed by atoms with Crippen LogP contribution < -0.4 is 16.8 Å². The number of nitrogens with zero attached hydrogens (tertiary/aromatic N) is 2. The number of rotatable bonds is 3. The van der Waals surface area contributed by atoms with Gasteiger partial charge in [-0.1, -0.05) is 24.4 Å². The van der Waals surface area contributed by atoms with Gasteiger partial charge in [0.2, 0.25) is 0 Å². The molecule has 2 rings (SSSR count). The topological polar surface area (TPSA) is 144 Å². The van der Waals surface area contributed by atoms with Gasteiger partial charge in [-0.15, -0.1) is 0 Å². The van der Waals surface area contributed by atoms with Gasteiger partial charge >= 0.3 is 5.97 Å². The standard InChI is InChI=1S/C11H14ClN5O3/c12-6-8(14)16-7(13)5(15-6)9(18)17-11(10(19)20)3-1-2-4-11/h1-4H2,(H,17,18)(H,19,20)(H4,13,14,16). The number of carboxylic acid groups (broad SMARTS) is 1. The van der Waals surface area contributed by atoms with E-state index in [0.717, 1.165) is 12.8 Å². The Morgan fingerprint density at radius 3 is 2.35 bits per heavy atom. The molecule has 9 heteroatoms. The first-order valence-corrected chi connectivity index (χ1v) is 6.38. The maximum Gasteiger partial charge on any atom is 0.329 e. The van der Waals surface area contributed by atoms with Gasteiger partial charge in [0.05, 0.1) is 0 Å². The molecule has 1 amide bonds. The van der Waals surface area contributed by atoms with Gasteiger partial charge in [-0.05, 0) is 12.8 Å². The van der Waals surface area contributed by atoms with Crippen LogP contribution in [0.2, 0.25) is 5.15 Å². The number of nitrogen functional groups attached to an aromatic ring is 2. The van der Waals surface area contributed by atoms with E-state index >= 15 is 0 Å². The summed E-state index contributed by atoms with van der Waals surface area (Å²) in [5, 5.41) is 11.6. The predicted molar refractivity (Wildman–Crippen MR) is 72.2 cm³/mol. The SMILES string of the molecule is Nc1nc(N)c(C(=O)NC2(C(=O)O)CCCC2)nc1Cl. The Kier molecular flexibility index (Phi) is 3.67. The van der Waals surface area contributed by atoms with Crippen LogP contribution in [-0.4, -0.2) is 32.5 Å². The van der Waals surface area contributed by atoms with Gasteiger partial charge < -0.3 is 21.9 Å². The number of hydrogen-bond donors (Lipinski definition) is 4. The molecule has 6 N–H and O–H groups in total. The summed E-state index contributed by atoms with van der Waals surface area (Å²) in [6, 6.07) is 0. The molecule has 20 heavy (non-hydrogen) atoms. The van der Waals surface area contributed by atoms with E-state index < -0.39 is 17.4 Å². The lowest BCUT2D eigenvalue weighted by Crippen LogP contribution is -2.52. The Morgan fingerprint density at radius 1 is 1.20 bits per heavy atom. The van der Waals surface area contributed by atoms with Crippen molar-refractivity contribution in [2.45, 2.75) is 31.2 Å². The van der Waals surface area contributed by atoms with E-state index in [2.05, 4.69) is 15.3 Å². The molecular formula is C11H14ClN5O3. The van der Waals surface area contributed by atoms with Crippen molar-refractivity contribution < 1.29 is 14.7 Å². The maximum atomic E-state index is 12.1. The highest BCUT2D eigenvalue weighted by molar-refractivity contribution is 6.31. The van der Waals surface area contributed by atoms with E-state index in [0.29, 0.717) is 12.8 Å².